The average Bonchev–Trinajstić information content (AvgIpc) is 2.16. The molecule has 0 fully saturated rings. The fourth-order valence-corrected chi connectivity index (χ4v) is 2.16. The maximum Gasteiger partial charge on any atom is 0.336 e. The third-order valence-electron chi connectivity index (χ3n) is 1.65. The van der Waals surface area contributed by atoms with Gasteiger partial charge in [0, 0.05) is 15.1 Å². The minimum Gasteiger partial charge on any atom is -0.478 e. The van der Waals surface area contributed by atoms with E-state index in [1.165, 1.54) is 0 Å². The van der Waals surface area contributed by atoms with Gasteiger partial charge in [-0.2, -0.15) is 0 Å². The zero-order chi connectivity index (χ0) is 11.4. The molecule has 1 rings (SSSR count). The lowest BCUT2D eigenvalue weighted by Crippen LogP contribution is -1.97. The predicted octanol–water partition coefficient (Wildman–Crippen LogP) is 3.82. The first-order valence-corrected chi connectivity index (χ1v) is 6.08. The van der Waals surface area contributed by atoms with E-state index < -0.39 is 5.97 Å². The number of carbonyl (C=O) groups is 1. The molecule has 0 unspecified atom stereocenters. The van der Waals surface area contributed by atoms with Gasteiger partial charge in [-0.3, -0.25) is 0 Å². The van der Waals surface area contributed by atoms with Crippen molar-refractivity contribution >= 4 is 33.7 Å². The van der Waals surface area contributed by atoms with E-state index in [9.17, 15) is 4.79 Å². The van der Waals surface area contributed by atoms with Gasteiger partial charge >= 0.3 is 5.97 Å². The van der Waals surface area contributed by atoms with Gasteiger partial charge in [0.15, 0.2) is 0 Å². The monoisotopic (exact) mass is 286 g/mol. The summed E-state index contributed by atoms with van der Waals surface area (Å²) in [5, 5.41) is 8.91. The number of hydrogen-bond acceptors (Lipinski definition) is 2. The summed E-state index contributed by atoms with van der Waals surface area (Å²) >= 11 is 4.79. The van der Waals surface area contributed by atoms with E-state index in [0.717, 1.165) is 16.2 Å². The molecule has 0 heterocycles. The lowest BCUT2D eigenvalue weighted by molar-refractivity contribution is 0.0695. The molecule has 4 heteroatoms. The van der Waals surface area contributed by atoms with Crippen LogP contribution in [0.3, 0.4) is 0 Å². The highest BCUT2D eigenvalue weighted by molar-refractivity contribution is 9.10. The first kappa shape index (κ1) is 12.3. The Hall–Kier alpha value is -0.740. The largest absolute Gasteiger partial charge is 0.478 e. The summed E-state index contributed by atoms with van der Waals surface area (Å²) in [5.74, 6) is -0.111. The fraction of sp³-hybridized carbons (Fsp3) is 0.182. The molecule has 0 bridgehead atoms. The van der Waals surface area contributed by atoms with E-state index in [1.807, 2.05) is 13.0 Å². The van der Waals surface area contributed by atoms with Crippen molar-refractivity contribution in [3.05, 3.63) is 40.4 Å². The van der Waals surface area contributed by atoms with Crippen molar-refractivity contribution in [3.8, 4) is 0 Å². The van der Waals surface area contributed by atoms with Gasteiger partial charge in [0.2, 0.25) is 0 Å². The van der Waals surface area contributed by atoms with Crippen LogP contribution in [-0.2, 0) is 0 Å². The van der Waals surface area contributed by atoms with Gasteiger partial charge in [0.25, 0.3) is 0 Å². The molecule has 1 aromatic rings. The van der Waals surface area contributed by atoms with Crippen molar-refractivity contribution in [1.82, 2.24) is 0 Å². The first-order chi connectivity index (χ1) is 7.00. The standard InChI is InChI=1S/C11H11BrO2S/c1-7(2)6-15-8-3-4-10(12)9(5-8)11(13)14/h3-5H,1,6H2,2H3,(H,13,14). The molecule has 80 valence electrons. The molecule has 15 heavy (non-hydrogen) atoms. The second-order valence-corrected chi connectivity index (χ2v) is 5.10. The maximum atomic E-state index is 10.9. The molecular weight excluding hydrogens is 276 g/mol. The van der Waals surface area contributed by atoms with E-state index >= 15 is 0 Å². The molecule has 1 aromatic carbocycles. The summed E-state index contributed by atoms with van der Waals surface area (Å²) in [7, 11) is 0. The van der Waals surface area contributed by atoms with Gasteiger partial charge in [-0.05, 0) is 41.1 Å². The van der Waals surface area contributed by atoms with E-state index in [4.69, 9.17) is 5.11 Å². The molecule has 0 atom stereocenters. The summed E-state index contributed by atoms with van der Waals surface area (Å²) in [6.45, 7) is 5.75. The van der Waals surface area contributed by atoms with Crippen molar-refractivity contribution in [3.63, 3.8) is 0 Å². The SMILES string of the molecule is C=C(C)CSc1ccc(Br)c(C(=O)O)c1. The van der Waals surface area contributed by atoms with Crippen molar-refractivity contribution in [2.45, 2.75) is 11.8 Å². The number of rotatable bonds is 4. The van der Waals surface area contributed by atoms with Gasteiger partial charge in [0.05, 0.1) is 5.56 Å². The Bertz CT molecular complexity index is 402. The molecule has 0 radical (unpaired) electrons. The minimum atomic E-state index is -0.917. The van der Waals surface area contributed by atoms with Crippen LogP contribution >= 0.6 is 27.7 Å². The van der Waals surface area contributed by atoms with Crippen molar-refractivity contribution in [1.29, 1.82) is 0 Å². The Balaban J connectivity index is 2.87. The number of thioether (sulfide) groups is 1. The van der Waals surface area contributed by atoms with Crippen LogP contribution < -0.4 is 0 Å². The van der Waals surface area contributed by atoms with Crippen LogP contribution in [0.2, 0.25) is 0 Å². The summed E-state index contributed by atoms with van der Waals surface area (Å²) < 4.78 is 0.606. The summed E-state index contributed by atoms with van der Waals surface area (Å²) in [6.07, 6.45) is 0. The first-order valence-electron chi connectivity index (χ1n) is 4.30. The summed E-state index contributed by atoms with van der Waals surface area (Å²) in [4.78, 5) is 11.8. The lowest BCUT2D eigenvalue weighted by Gasteiger charge is -2.04. The van der Waals surface area contributed by atoms with E-state index in [2.05, 4.69) is 22.5 Å². The second kappa shape index (κ2) is 5.37. The van der Waals surface area contributed by atoms with Crippen molar-refractivity contribution in [2.24, 2.45) is 0 Å². The number of hydrogen-bond donors (Lipinski definition) is 1. The highest BCUT2D eigenvalue weighted by atomic mass is 79.9. The summed E-state index contributed by atoms with van der Waals surface area (Å²) in [5.41, 5.74) is 1.36. The van der Waals surface area contributed by atoms with E-state index in [1.54, 1.807) is 23.9 Å². The summed E-state index contributed by atoms with van der Waals surface area (Å²) in [6, 6.07) is 5.31. The van der Waals surface area contributed by atoms with Gasteiger partial charge < -0.3 is 5.11 Å². The Kier molecular flexibility index (Phi) is 4.42. The Morgan fingerprint density at radius 1 is 1.60 bits per heavy atom. The zero-order valence-electron chi connectivity index (χ0n) is 8.29. The minimum absolute atomic E-state index is 0.293. The van der Waals surface area contributed by atoms with Crippen LogP contribution in [-0.4, -0.2) is 16.8 Å². The Morgan fingerprint density at radius 2 is 2.27 bits per heavy atom. The number of carboxylic acid groups (broad SMARTS) is 1. The van der Waals surface area contributed by atoms with Crippen LogP contribution in [0.25, 0.3) is 0 Å². The van der Waals surface area contributed by atoms with Gasteiger partial charge in [-0.15, -0.1) is 11.8 Å². The molecule has 0 aromatic heterocycles. The van der Waals surface area contributed by atoms with Crippen molar-refractivity contribution < 1.29 is 9.90 Å². The third kappa shape index (κ3) is 3.72. The Morgan fingerprint density at radius 3 is 2.80 bits per heavy atom. The highest BCUT2D eigenvalue weighted by Gasteiger charge is 2.08. The number of halogens is 1. The van der Waals surface area contributed by atoms with Gasteiger partial charge in [-0.25, -0.2) is 4.79 Å². The molecule has 0 aliphatic heterocycles. The average molecular weight is 287 g/mol. The highest BCUT2D eigenvalue weighted by Crippen LogP contribution is 2.25. The molecule has 1 N–H and O–H groups in total. The van der Waals surface area contributed by atoms with Crippen LogP contribution in [0.4, 0.5) is 0 Å². The fourth-order valence-electron chi connectivity index (χ4n) is 0.965. The topological polar surface area (TPSA) is 37.3 Å². The van der Waals surface area contributed by atoms with Crippen LogP contribution in [0, 0.1) is 0 Å². The molecular formula is C11H11BrO2S. The normalized spacial score (nSPS) is 10.0. The number of benzene rings is 1. The van der Waals surface area contributed by atoms with Crippen LogP contribution in [0.5, 0.6) is 0 Å². The number of carboxylic acids is 1. The molecule has 0 amide bonds. The van der Waals surface area contributed by atoms with Crippen LogP contribution in [0.1, 0.15) is 17.3 Å². The second-order valence-electron chi connectivity index (χ2n) is 3.19. The third-order valence-corrected chi connectivity index (χ3v) is 3.57. The zero-order valence-corrected chi connectivity index (χ0v) is 10.7. The lowest BCUT2D eigenvalue weighted by atomic mass is 10.2. The maximum absolute atomic E-state index is 10.9. The molecule has 0 aliphatic carbocycles. The Labute approximate surface area is 102 Å². The molecule has 0 aliphatic rings. The molecule has 0 spiro atoms. The predicted molar refractivity (Wildman–Crippen MR) is 66.6 cm³/mol. The molecule has 0 saturated heterocycles. The van der Waals surface area contributed by atoms with E-state index in [-0.39, 0.29) is 0 Å². The number of aromatic carboxylic acids is 1. The van der Waals surface area contributed by atoms with Gasteiger partial charge in [0.1, 0.15) is 0 Å². The molecule has 0 saturated carbocycles. The van der Waals surface area contributed by atoms with Crippen molar-refractivity contribution in [2.75, 3.05) is 5.75 Å². The smallest absolute Gasteiger partial charge is 0.336 e. The quantitative estimate of drug-likeness (QED) is 0.675. The van der Waals surface area contributed by atoms with Gasteiger partial charge in [-0.1, -0.05) is 12.2 Å². The molecule has 2 nitrogen and oxygen atoms in total. The van der Waals surface area contributed by atoms with E-state index in [0.29, 0.717) is 10.0 Å². The van der Waals surface area contributed by atoms with Crippen LogP contribution in [0.15, 0.2) is 39.7 Å².